The molecule has 3 aromatic rings. The van der Waals surface area contributed by atoms with Crippen LogP contribution in [0, 0.1) is 0 Å². The molecule has 4 nitrogen and oxygen atoms in total. The van der Waals surface area contributed by atoms with E-state index in [-0.39, 0.29) is 0 Å². The third kappa shape index (κ3) is 2.54. The number of anilines is 1. The van der Waals surface area contributed by atoms with E-state index in [1.807, 2.05) is 49.5 Å². The van der Waals surface area contributed by atoms with Crippen molar-refractivity contribution in [2.24, 2.45) is 0 Å². The number of nitrogens with one attached hydrogen (secondary N) is 1. The van der Waals surface area contributed by atoms with Crippen molar-refractivity contribution in [2.75, 3.05) is 12.4 Å². The number of fused-ring (bicyclic) bond motifs is 1. The van der Waals surface area contributed by atoms with E-state index in [1.54, 1.807) is 12.4 Å². The first kappa shape index (κ1) is 12.4. The summed E-state index contributed by atoms with van der Waals surface area (Å²) in [7, 11) is 1.89. The Morgan fingerprint density at radius 3 is 2.90 bits per heavy atom. The Kier molecular flexibility index (Phi) is 3.46. The summed E-state index contributed by atoms with van der Waals surface area (Å²) < 4.78 is 5.87. The highest BCUT2D eigenvalue weighted by molar-refractivity contribution is 5.84. The van der Waals surface area contributed by atoms with Crippen molar-refractivity contribution in [1.29, 1.82) is 0 Å². The lowest BCUT2D eigenvalue weighted by Crippen LogP contribution is -2.00. The zero-order chi connectivity index (χ0) is 13.8. The largest absolute Gasteiger partial charge is 0.487 e. The summed E-state index contributed by atoms with van der Waals surface area (Å²) in [5.41, 5.74) is 2.85. The Balaban J connectivity index is 1.83. The monoisotopic (exact) mass is 265 g/mol. The van der Waals surface area contributed by atoms with Crippen molar-refractivity contribution in [3.05, 3.63) is 60.6 Å². The van der Waals surface area contributed by atoms with Crippen LogP contribution in [0.5, 0.6) is 5.75 Å². The number of hydrogen-bond acceptors (Lipinski definition) is 4. The van der Waals surface area contributed by atoms with Crippen molar-refractivity contribution in [3.63, 3.8) is 0 Å². The van der Waals surface area contributed by atoms with Gasteiger partial charge in [0.15, 0.2) is 0 Å². The van der Waals surface area contributed by atoms with Crippen molar-refractivity contribution < 1.29 is 4.74 Å². The fourth-order valence-corrected chi connectivity index (χ4v) is 2.07. The normalized spacial score (nSPS) is 10.4. The van der Waals surface area contributed by atoms with Crippen LogP contribution < -0.4 is 10.1 Å². The zero-order valence-corrected chi connectivity index (χ0v) is 11.2. The second kappa shape index (κ2) is 5.57. The van der Waals surface area contributed by atoms with E-state index in [0.29, 0.717) is 6.61 Å². The van der Waals surface area contributed by atoms with Gasteiger partial charge >= 0.3 is 0 Å². The van der Waals surface area contributed by atoms with Gasteiger partial charge in [0.05, 0.1) is 11.2 Å². The molecule has 100 valence electrons. The summed E-state index contributed by atoms with van der Waals surface area (Å²) >= 11 is 0. The molecule has 1 aromatic carbocycles. The van der Waals surface area contributed by atoms with Gasteiger partial charge in [0.25, 0.3) is 0 Å². The van der Waals surface area contributed by atoms with Crippen molar-refractivity contribution in [1.82, 2.24) is 9.97 Å². The SMILES string of the molecule is CNc1ccnc(COc2cccc3ncccc23)c1. The minimum Gasteiger partial charge on any atom is -0.487 e. The van der Waals surface area contributed by atoms with Crippen LogP contribution in [-0.4, -0.2) is 17.0 Å². The predicted molar refractivity (Wildman–Crippen MR) is 79.9 cm³/mol. The maximum atomic E-state index is 5.87. The maximum Gasteiger partial charge on any atom is 0.130 e. The molecule has 0 spiro atoms. The lowest BCUT2D eigenvalue weighted by atomic mass is 10.2. The van der Waals surface area contributed by atoms with E-state index in [4.69, 9.17) is 4.74 Å². The van der Waals surface area contributed by atoms with Gasteiger partial charge in [-0.2, -0.15) is 0 Å². The summed E-state index contributed by atoms with van der Waals surface area (Å²) in [6.45, 7) is 0.434. The molecule has 0 aliphatic heterocycles. The first-order valence-corrected chi connectivity index (χ1v) is 6.46. The molecule has 0 atom stereocenters. The molecule has 0 bridgehead atoms. The van der Waals surface area contributed by atoms with Gasteiger partial charge in [-0.05, 0) is 36.4 Å². The van der Waals surface area contributed by atoms with Gasteiger partial charge in [-0.3, -0.25) is 9.97 Å². The van der Waals surface area contributed by atoms with Crippen molar-refractivity contribution in [2.45, 2.75) is 6.61 Å². The third-order valence-electron chi connectivity index (χ3n) is 3.09. The average Bonchev–Trinajstić information content (AvgIpc) is 2.53. The van der Waals surface area contributed by atoms with Crippen LogP contribution in [0.3, 0.4) is 0 Å². The van der Waals surface area contributed by atoms with E-state index < -0.39 is 0 Å². The average molecular weight is 265 g/mol. The molecule has 3 rings (SSSR count). The highest BCUT2D eigenvalue weighted by Gasteiger charge is 2.03. The highest BCUT2D eigenvalue weighted by atomic mass is 16.5. The van der Waals surface area contributed by atoms with E-state index in [2.05, 4.69) is 15.3 Å². The van der Waals surface area contributed by atoms with Gasteiger partial charge in [-0.25, -0.2) is 0 Å². The summed E-state index contributed by atoms with van der Waals surface area (Å²) in [6.07, 6.45) is 3.55. The molecule has 0 saturated heterocycles. The standard InChI is InChI=1S/C16H15N3O/c1-17-12-7-9-18-13(10-12)11-20-16-6-2-5-15-14(16)4-3-8-19-15/h2-10H,11H2,1H3,(H,17,18). The molecule has 4 heteroatoms. The first-order chi connectivity index (χ1) is 9.86. The summed E-state index contributed by atoms with van der Waals surface area (Å²) in [6, 6.07) is 13.7. The summed E-state index contributed by atoms with van der Waals surface area (Å²) in [5, 5.41) is 4.10. The van der Waals surface area contributed by atoms with Crippen LogP contribution in [-0.2, 0) is 6.61 Å². The molecule has 20 heavy (non-hydrogen) atoms. The minimum absolute atomic E-state index is 0.434. The molecule has 0 radical (unpaired) electrons. The molecule has 2 heterocycles. The predicted octanol–water partition coefficient (Wildman–Crippen LogP) is 3.25. The van der Waals surface area contributed by atoms with E-state index in [9.17, 15) is 0 Å². The fourth-order valence-electron chi connectivity index (χ4n) is 2.07. The number of benzene rings is 1. The molecular formula is C16H15N3O. The second-order valence-electron chi connectivity index (χ2n) is 4.40. The maximum absolute atomic E-state index is 5.87. The van der Waals surface area contributed by atoms with E-state index >= 15 is 0 Å². The lowest BCUT2D eigenvalue weighted by molar-refractivity contribution is 0.305. The highest BCUT2D eigenvalue weighted by Crippen LogP contribution is 2.24. The van der Waals surface area contributed by atoms with Gasteiger partial charge in [0, 0.05) is 30.5 Å². The summed E-state index contributed by atoms with van der Waals surface area (Å²) in [5.74, 6) is 0.826. The number of aromatic nitrogens is 2. The Bertz CT molecular complexity index is 722. The molecule has 2 aromatic heterocycles. The van der Waals surface area contributed by atoms with Crippen LogP contribution in [0.2, 0.25) is 0 Å². The first-order valence-electron chi connectivity index (χ1n) is 6.46. The molecular weight excluding hydrogens is 250 g/mol. The topological polar surface area (TPSA) is 47.0 Å². The molecule has 0 saturated carbocycles. The van der Waals surface area contributed by atoms with Gasteiger partial charge in [-0.1, -0.05) is 6.07 Å². The fraction of sp³-hybridized carbons (Fsp3) is 0.125. The number of rotatable bonds is 4. The zero-order valence-electron chi connectivity index (χ0n) is 11.2. The van der Waals surface area contributed by atoms with Crippen LogP contribution in [0.15, 0.2) is 54.9 Å². The molecule has 0 amide bonds. The van der Waals surface area contributed by atoms with E-state index in [1.165, 1.54) is 0 Å². The van der Waals surface area contributed by atoms with Gasteiger partial charge in [0.1, 0.15) is 12.4 Å². The van der Waals surface area contributed by atoms with Crippen LogP contribution in [0.1, 0.15) is 5.69 Å². The minimum atomic E-state index is 0.434. The van der Waals surface area contributed by atoms with Crippen LogP contribution in [0.4, 0.5) is 5.69 Å². The van der Waals surface area contributed by atoms with Gasteiger partial charge < -0.3 is 10.1 Å². The quantitative estimate of drug-likeness (QED) is 0.786. The Hall–Kier alpha value is -2.62. The van der Waals surface area contributed by atoms with Crippen molar-refractivity contribution in [3.8, 4) is 5.75 Å². The molecule has 0 aliphatic rings. The second-order valence-corrected chi connectivity index (χ2v) is 4.40. The van der Waals surface area contributed by atoms with E-state index in [0.717, 1.165) is 28.0 Å². The van der Waals surface area contributed by atoms with Crippen LogP contribution >= 0.6 is 0 Å². The molecule has 0 unspecified atom stereocenters. The Morgan fingerprint density at radius 1 is 1.05 bits per heavy atom. The van der Waals surface area contributed by atoms with Crippen LogP contribution in [0.25, 0.3) is 10.9 Å². The van der Waals surface area contributed by atoms with Crippen molar-refractivity contribution >= 4 is 16.6 Å². The molecule has 0 aliphatic carbocycles. The number of pyridine rings is 2. The number of hydrogen-bond donors (Lipinski definition) is 1. The Labute approximate surface area is 117 Å². The number of ether oxygens (including phenoxy) is 1. The van der Waals surface area contributed by atoms with Gasteiger partial charge in [0.2, 0.25) is 0 Å². The smallest absolute Gasteiger partial charge is 0.130 e. The number of nitrogens with zero attached hydrogens (tertiary/aromatic N) is 2. The van der Waals surface area contributed by atoms with Gasteiger partial charge in [-0.15, -0.1) is 0 Å². The third-order valence-corrected chi connectivity index (χ3v) is 3.09. The summed E-state index contributed by atoms with van der Waals surface area (Å²) in [4.78, 5) is 8.62. The Morgan fingerprint density at radius 2 is 2.00 bits per heavy atom. The lowest BCUT2D eigenvalue weighted by Gasteiger charge is -2.09. The molecule has 0 fully saturated rings. The molecule has 1 N–H and O–H groups in total.